The first kappa shape index (κ1) is 93.1. The van der Waals surface area contributed by atoms with Gasteiger partial charge in [-0.25, -0.2) is 19.2 Å². The first-order valence-electron chi connectivity index (χ1n) is 35.6. The normalized spacial score (nSPS) is 20.5. The van der Waals surface area contributed by atoms with Crippen LogP contribution in [0.5, 0.6) is 0 Å². The Labute approximate surface area is 641 Å². The molecule has 11 rings (SSSR count). The minimum Gasteiger partial charge on any atom is -1.00 e. The fourth-order valence-electron chi connectivity index (χ4n) is 13.9. The second kappa shape index (κ2) is 48.3. The molecule has 5 fully saturated rings. The number of fused-ring (bicyclic) bond motifs is 2. The van der Waals surface area contributed by atoms with Gasteiger partial charge in [-0.2, -0.15) is 40.5 Å². The van der Waals surface area contributed by atoms with Crippen molar-refractivity contribution >= 4 is 97.0 Å². The van der Waals surface area contributed by atoms with Gasteiger partial charge in [-0.15, -0.1) is 6.58 Å². The van der Waals surface area contributed by atoms with Gasteiger partial charge in [0.1, 0.15) is 28.9 Å². The number of amides is 5. The van der Waals surface area contributed by atoms with E-state index < -0.39 is 27.5 Å². The summed E-state index contributed by atoms with van der Waals surface area (Å²) in [6.07, 6.45) is 37.8. The van der Waals surface area contributed by atoms with E-state index in [1.54, 1.807) is 21.2 Å². The van der Waals surface area contributed by atoms with Crippen LogP contribution in [-0.2, 0) is 52.8 Å². The number of aliphatic imine (C=N–C) groups is 1. The number of urea groups is 2. The molecular weight excluding hydrogens is 1470 g/mol. The van der Waals surface area contributed by atoms with Gasteiger partial charge in [0.2, 0.25) is 5.91 Å². The molecule has 568 valence electrons. The molecule has 2 saturated heterocycles. The van der Waals surface area contributed by atoms with E-state index >= 15 is 0 Å². The fraction of sp³-hybridized carbons (Fsp3) is 0.584. The Morgan fingerprint density at radius 1 is 0.706 bits per heavy atom. The molecule has 3 heterocycles. The van der Waals surface area contributed by atoms with Crippen LogP contribution in [-0.4, -0.2) is 142 Å². The van der Waals surface area contributed by atoms with Gasteiger partial charge in [0.05, 0.1) is 63.6 Å². The Bertz CT molecular complexity index is 3050. The predicted molar refractivity (Wildman–Crippen MR) is 414 cm³/mol. The van der Waals surface area contributed by atoms with Gasteiger partial charge < -0.3 is 62.2 Å². The molecule has 2 bridgehead atoms. The van der Waals surface area contributed by atoms with Crippen LogP contribution in [0.4, 0.5) is 22.5 Å². The number of rotatable bonds is 18. The molecule has 0 unspecified atom stereocenters. The molecule has 25 heteroatoms. The standard InChI is InChI=1S/C40H49N2OP.C15H28N2O4.C15H24N2O4.C7H6.BF3.FH.Rh.3H2S/c43-40(32-22-10-3-11-23-32)42-38(31-20-8-2-9-21-31)37(30-18-6-1-7-19-30)41-39(42)35-28-16-17-29-36(35)44(33-24-12-4-13-25-33)34-26-14-5-15-27-34;2*1-5-15(2,3)7-6-12(13(18)20-4)16-14(19)17-8-10-21-11-9-17;1-2-7-4-3-6(1)5-7;2-1(3)4;;;;;/h1-2,6-9,16-21,28-29,32-34,37-38H,3-5,10-15,22-27H2;12H,5-11H2,1-4H3,(H,16,19);5-6H,1,7-11H2,2-4H3,(H,16,19);1,3,6-7H,5H2;;1H;;3*1H2/q;;;-2;;;+3;;;/b;;12-6-;;;;;;;/t37-,38-;12-;;;;;;;;/m00......../s1. The summed E-state index contributed by atoms with van der Waals surface area (Å²) >= 11 is 0. The molecule has 102 heavy (non-hydrogen) atoms. The molecule has 0 radical (unpaired) electrons. The third-order valence-electron chi connectivity index (χ3n) is 20.1. The fourth-order valence-corrected chi connectivity index (χ4v) is 18.3. The van der Waals surface area contributed by atoms with Gasteiger partial charge >= 0.3 is 51.0 Å². The van der Waals surface area contributed by atoms with Crippen LogP contribution in [0.3, 0.4) is 0 Å². The molecule has 5 aliphatic carbocycles. The van der Waals surface area contributed by atoms with Gasteiger partial charge in [0.25, 0.3) is 0 Å². The number of morpholine rings is 2. The number of nitrogens with zero attached hydrogens (tertiary/aromatic N) is 4. The van der Waals surface area contributed by atoms with Gasteiger partial charge in [0.15, 0.2) is 0 Å². The third-order valence-corrected chi connectivity index (χ3v) is 24.1. The summed E-state index contributed by atoms with van der Waals surface area (Å²) in [4.78, 5) is 73.9. The Hall–Kier alpha value is -4.95. The number of hydrogen-bond donors (Lipinski definition) is 2. The van der Waals surface area contributed by atoms with E-state index in [2.05, 4.69) is 152 Å². The van der Waals surface area contributed by atoms with Crippen molar-refractivity contribution in [2.75, 3.05) is 66.8 Å². The number of carbonyl (C=O) groups is 5. The zero-order chi connectivity index (χ0) is 69.7. The van der Waals surface area contributed by atoms with E-state index in [9.17, 15) is 36.9 Å². The average Bonchev–Trinajstić information content (AvgIpc) is 1.57. The van der Waals surface area contributed by atoms with E-state index in [0.29, 0.717) is 83.2 Å². The number of carbonyl (C=O) groups excluding carboxylic acids is 5. The molecule has 3 aromatic rings. The maximum absolute atomic E-state index is 14.9. The molecule has 15 nitrogen and oxygen atoms in total. The van der Waals surface area contributed by atoms with Crippen LogP contribution >= 0.6 is 48.4 Å². The van der Waals surface area contributed by atoms with Crippen LogP contribution in [0, 0.1) is 40.7 Å². The molecule has 8 aliphatic rings. The topological polar surface area (TPSA) is 168 Å². The van der Waals surface area contributed by atoms with Crippen LogP contribution in [0.1, 0.15) is 192 Å². The molecule has 3 atom stereocenters. The number of hydrogen-bond acceptors (Lipinski definition) is 10. The van der Waals surface area contributed by atoms with Gasteiger partial charge in [-0.05, 0) is 118 Å². The second-order valence-corrected chi connectivity index (χ2v) is 31.0. The molecular formula is C77H114BF4N6O9PRhS3+. The molecule has 0 spiro atoms. The van der Waals surface area contributed by atoms with Crippen molar-refractivity contribution < 1.29 is 80.0 Å². The summed E-state index contributed by atoms with van der Waals surface area (Å²) in [7, 11) is -1.87. The summed E-state index contributed by atoms with van der Waals surface area (Å²) in [6.45, 7) is 18.4. The van der Waals surface area contributed by atoms with E-state index in [4.69, 9.17) is 23.9 Å². The second-order valence-electron chi connectivity index (χ2n) is 28.0. The van der Waals surface area contributed by atoms with Gasteiger partial charge in [-0.3, -0.25) is 39.8 Å². The number of nitrogens with one attached hydrogen (secondary N) is 2. The van der Waals surface area contributed by atoms with Gasteiger partial charge in [-0.1, -0.05) is 170 Å². The van der Waals surface area contributed by atoms with Crippen LogP contribution in [0.25, 0.3) is 0 Å². The number of halogens is 4. The first-order chi connectivity index (χ1) is 46.8. The van der Waals surface area contributed by atoms with E-state index in [0.717, 1.165) is 55.7 Å². The summed E-state index contributed by atoms with van der Waals surface area (Å²) in [5, 5.41) is 6.98. The zero-order valence-electron chi connectivity index (χ0n) is 60.9. The smallest absolute Gasteiger partial charge is 1.00 e. The van der Waals surface area contributed by atoms with E-state index in [-0.39, 0.29) is 117 Å². The summed E-state index contributed by atoms with van der Waals surface area (Å²) < 4.78 is 48.9. The Balaban J connectivity index is 0.000000513. The van der Waals surface area contributed by atoms with Crippen molar-refractivity contribution in [1.29, 1.82) is 0 Å². The van der Waals surface area contributed by atoms with Gasteiger partial charge in [0, 0.05) is 40.0 Å². The minimum absolute atomic E-state index is 0. The Kier molecular flexibility index (Phi) is 44.1. The number of ether oxygens (including phenoxy) is 4. The van der Waals surface area contributed by atoms with Crippen LogP contribution < -0.4 is 20.6 Å². The molecule has 3 aliphatic heterocycles. The number of benzene rings is 3. The maximum atomic E-state index is 14.9. The van der Waals surface area contributed by atoms with E-state index in [1.165, 1.54) is 108 Å². The third kappa shape index (κ3) is 29.1. The molecule has 3 saturated carbocycles. The zero-order valence-corrected chi connectivity index (χ0v) is 66.5. The first-order valence-corrected chi connectivity index (χ1v) is 37.3. The summed E-state index contributed by atoms with van der Waals surface area (Å²) in [6, 6.07) is 29.4. The van der Waals surface area contributed by atoms with Crippen LogP contribution in [0.2, 0.25) is 0 Å². The quantitative estimate of drug-likeness (QED) is 0.0239. The van der Waals surface area contributed by atoms with Crippen molar-refractivity contribution in [2.45, 2.75) is 192 Å². The summed E-state index contributed by atoms with van der Waals surface area (Å²) in [5.41, 5.74) is 5.45. The maximum Gasteiger partial charge on any atom is 3.00 e. The number of amidine groups is 1. The largest absolute Gasteiger partial charge is 3.00 e. The number of esters is 2. The molecule has 5 amide bonds. The average molecular weight is 1580 g/mol. The van der Waals surface area contributed by atoms with Crippen LogP contribution in [0.15, 0.2) is 127 Å². The SMILES string of the molecule is C=CC(C)(C)C/C=C(\NC(=O)N1CCOCC1)C(=O)OC.CCC(C)(C)CC[C@H](NC(=O)N1CCOCC1)C(=O)OC.FB(F)F.O=C(C1CCCCC1)N1C(c2ccccc2[PH+](C2CCCCC2)C2CCCCC2)=N[C@@H](c2ccccc2)[C@@H]1c1ccccc1.S.S.S.[C-]1=CC2C=[C-]C1C2.[F-].[Rh+3]. The monoisotopic (exact) mass is 1580 g/mol. The molecule has 0 aromatic heterocycles. The molecule has 3 aromatic carbocycles. The predicted octanol–water partition coefficient (Wildman–Crippen LogP) is 12.9. The summed E-state index contributed by atoms with van der Waals surface area (Å²) in [5.74, 6) is 1.65. The van der Waals surface area contributed by atoms with Crippen molar-refractivity contribution in [3.05, 3.63) is 150 Å². The van der Waals surface area contributed by atoms with Crippen molar-refractivity contribution in [1.82, 2.24) is 25.3 Å². The Morgan fingerprint density at radius 3 is 1.64 bits per heavy atom. The number of allylic oxidation sites excluding steroid dienone is 6. The molecule has 2 N–H and O–H groups in total. The Morgan fingerprint density at radius 2 is 1.19 bits per heavy atom. The van der Waals surface area contributed by atoms with Crippen molar-refractivity contribution in [3.8, 4) is 0 Å². The number of methoxy groups -OCH3 is 2. The van der Waals surface area contributed by atoms with E-state index in [1.807, 2.05) is 19.9 Å². The van der Waals surface area contributed by atoms with Crippen molar-refractivity contribution in [3.63, 3.8) is 0 Å². The van der Waals surface area contributed by atoms with Crippen molar-refractivity contribution in [2.24, 2.45) is 33.6 Å². The minimum atomic E-state index is -3.67.